The number of ketones is 1. The number of carbonyl (C=O) groups is 1. The molecule has 1 N–H and O–H groups in total. The fourth-order valence-corrected chi connectivity index (χ4v) is 1.69. The highest BCUT2D eigenvalue weighted by Crippen LogP contribution is 2.18. The lowest BCUT2D eigenvalue weighted by Gasteiger charge is -2.04. The van der Waals surface area contributed by atoms with E-state index in [9.17, 15) is 13.6 Å². The minimum atomic E-state index is -0.906. The Morgan fingerprint density at radius 3 is 2.82 bits per heavy atom. The number of nitrogens with one attached hydrogen (secondary N) is 1. The zero-order chi connectivity index (χ0) is 12.3. The van der Waals surface area contributed by atoms with Crippen LogP contribution in [0.5, 0.6) is 0 Å². The Morgan fingerprint density at radius 1 is 1.35 bits per heavy atom. The number of hydrogen-bond acceptors (Lipinski definition) is 2. The number of halogens is 2. The normalized spacial score (nSPS) is 14.9. The van der Waals surface area contributed by atoms with Gasteiger partial charge in [0.1, 0.15) is 5.78 Å². The van der Waals surface area contributed by atoms with Gasteiger partial charge in [-0.25, -0.2) is 8.78 Å². The Kier molecular flexibility index (Phi) is 3.84. The Morgan fingerprint density at radius 2 is 2.12 bits per heavy atom. The summed E-state index contributed by atoms with van der Waals surface area (Å²) in [5.74, 6) is -1.87. The highest BCUT2D eigenvalue weighted by Gasteiger charge is 2.20. The maximum Gasteiger partial charge on any atom is 0.162 e. The van der Waals surface area contributed by atoms with Crippen LogP contribution in [0, 0.1) is 11.6 Å². The summed E-state index contributed by atoms with van der Waals surface area (Å²) in [7, 11) is 0. The molecule has 0 aliphatic heterocycles. The van der Waals surface area contributed by atoms with Crippen molar-refractivity contribution < 1.29 is 13.6 Å². The molecular weight excluding hydrogens is 224 g/mol. The molecule has 1 aromatic rings. The molecule has 17 heavy (non-hydrogen) atoms. The first-order chi connectivity index (χ1) is 8.16. The summed E-state index contributed by atoms with van der Waals surface area (Å²) in [6.07, 6.45) is 2.68. The zero-order valence-electron chi connectivity index (χ0n) is 9.51. The molecule has 0 unspecified atom stereocenters. The first-order valence-electron chi connectivity index (χ1n) is 5.85. The molecule has 0 amide bonds. The summed E-state index contributed by atoms with van der Waals surface area (Å²) in [5.41, 5.74) is 0.140. The van der Waals surface area contributed by atoms with E-state index in [0.29, 0.717) is 19.0 Å². The molecule has 1 aromatic carbocycles. The Balaban J connectivity index is 1.82. The third-order valence-corrected chi connectivity index (χ3v) is 2.83. The van der Waals surface area contributed by atoms with Crippen LogP contribution in [-0.4, -0.2) is 18.4 Å². The number of benzene rings is 1. The third kappa shape index (κ3) is 3.60. The van der Waals surface area contributed by atoms with Gasteiger partial charge in [0, 0.05) is 25.4 Å². The van der Waals surface area contributed by atoms with Crippen molar-refractivity contribution in [3.8, 4) is 0 Å². The van der Waals surface area contributed by atoms with Crippen LogP contribution >= 0.6 is 0 Å². The second kappa shape index (κ2) is 5.36. The van der Waals surface area contributed by atoms with E-state index in [-0.39, 0.29) is 17.8 Å². The summed E-state index contributed by atoms with van der Waals surface area (Å²) in [4.78, 5) is 11.5. The van der Waals surface area contributed by atoms with Gasteiger partial charge in [-0.15, -0.1) is 0 Å². The van der Waals surface area contributed by atoms with Crippen molar-refractivity contribution in [1.29, 1.82) is 0 Å². The summed E-state index contributed by atoms with van der Waals surface area (Å²) < 4.78 is 26.2. The summed E-state index contributed by atoms with van der Waals surface area (Å²) in [5, 5.41) is 3.21. The molecule has 0 aromatic heterocycles. The lowest BCUT2D eigenvalue weighted by atomic mass is 10.1. The number of carbonyl (C=O) groups excluding carboxylic acids is 1. The lowest BCUT2D eigenvalue weighted by Crippen LogP contribution is -2.21. The maximum absolute atomic E-state index is 13.3. The second-order valence-electron chi connectivity index (χ2n) is 4.41. The van der Waals surface area contributed by atoms with Crippen molar-refractivity contribution in [2.75, 3.05) is 6.54 Å². The van der Waals surface area contributed by atoms with E-state index in [4.69, 9.17) is 0 Å². The Labute approximate surface area is 99.0 Å². The van der Waals surface area contributed by atoms with E-state index in [1.165, 1.54) is 25.0 Å². The topological polar surface area (TPSA) is 29.1 Å². The predicted octanol–water partition coefficient (Wildman–Crippen LogP) is 2.22. The average molecular weight is 239 g/mol. The van der Waals surface area contributed by atoms with Crippen LogP contribution in [0.25, 0.3) is 0 Å². The largest absolute Gasteiger partial charge is 0.314 e. The quantitative estimate of drug-likeness (QED) is 0.824. The molecule has 1 fully saturated rings. The van der Waals surface area contributed by atoms with Gasteiger partial charge in [-0.1, -0.05) is 12.1 Å². The maximum atomic E-state index is 13.3. The van der Waals surface area contributed by atoms with E-state index in [2.05, 4.69) is 5.32 Å². The van der Waals surface area contributed by atoms with Crippen molar-refractivity contribution in [3.05, 3.63) is 35.4 Å². The summed E-state index contributed by atoms with van der Waals surface area (Å²) in [6, 6.07) is 4.49. The van der Waals surface area contributed by atoms with Crippen molar-refractivity contribution in [2.24, 2.45) is 0 Å². The molecule has 0 atom stereocenters. The van der Waals surface area contributed by atoms with Crippen LogP contribution in [0.3, 0.4) is 0 Å². The smallest absolute Gasteiger partial charge is 0.162 e. The van der Waals surface area contributed by atoms with Gasteiger partial charge < -0.3 is 5.32 Å². The first-order valence-corrected chi connectivity index (χ1v) is 5.85. The van der Waals surface area contributed by atoms with E-state index >= 15 is 0 Å². The molecule has 4 heteroatoms. The molecular formula is C13H15F2NO. The molecule has 0 radical (unpaired) electrons. The standard InChI is InChI=1S/C13H15F2NO/c14-12-3-1-2-9(13(12)15)8-11(17)6-7-16-10-4-5-10/h1-3,10,16H,4-8H2. The van der Waals surface area contributed by atoms with Crippen molar-refractivity contribution in [1.82, 2.24) is 5.32 Å². The van der Waals surface area contributed by atoms with Crippen molar-refractivity contribution in [2.45, 2.75) is 31.7 Å². The summed E-state index contributed by atoms with van der Waals surface area (Å²) >= 11 is 0. The molecule has 2 nitrogen and oxygen atoms in total. The number of Topliss-reactive ketones (excluding diaryl/α,β-unsaturated/α-hetero) is 1. The predicted molar refractivity (Wildman–Crippen MR) is 60.7 cm³/mol. The van der Waals surface area contributed by atoms with Gasteiger partial charge in [-0.3, -0.25) is 4.79 Å². The highest BCUT2D eigenvalue weighted by atomic mass is 19.2. The lowest BCUT2D eigenvalue weighted by molar-refractivity contribution is -0.118. The molecule has 2 rings (SSSR count). The van der Waals surface area contributed by atoms with Crippen LogP contribution in [0.1, 0.15) is 24.8 Å². The minimum Gasteiger partial charge on any atom is -0.314 e. The van der Waals surface area contributed by atoms with Crippen molar-refractivity contribution in [3.63, 3.8) is 0 Å². The SMILES string of the molecule is O=C(CCNC1CC1)Cc1cccc(F)c1F. The molecule has 0 saturated heterocycles. The number of rotatable bonds is 6. The summed E-state index contributed by atoms with van der Waals surface area (Å²) in [6.45, 7) is 0.625. The van der Waals surface area contributed by atoms with Crippen LogP contribution in [-0.2, 0) is 11.2 Å². The fourth-order valence-electron chi connectivity index (χ4n) is 1.69. The van der Waals surface area contributed by atoms with E-state index < -0.39 is 11.6 Å². The van der Waals surface area contributed by atoms with E-state index in [0.717, 1.165) is 6.07 Å². The fraction of sp³-hybridized carbons (Fsp3) is 0.462. The van der Waals surface area contributed by atoms with Crippen LogP contribution in [0.2, 0.25) is 0 Å². The van der Waals surface area contributed by atoms with Gasteiger partial charge in [0.15, 0.2) is 11.6 Å². The third-order valence-electron chi connectivity index (χ3n) is 2.83. The van der Waals surface area contributed by atoms with Gasteiger partial charge >= 0.3 is 0 Å². The van der Waals surface area contributed by atoms with Gasteiger partial charge in [-0.2, -0.15) is 0 Å². The van der Waals surface area contributed by atoms with Crippen LogP contribution < -0.4 is 5.32 Å². The average Bonchev–Trinajstić information content (AvgIpc) is 3.09. The van der Waals surface area contributed by atoms with Crippen molar-refractivity contribution >= 4 is 5.78 Å². The molecule has 1 aliphatic carbocycles. The molecule has 0 bridgehead atoms. The first kappa shape index (κ1) is 12.2. The van der Waals surface area contributed by atoms with Crippen LogP contribution in [0.4, 0.5) is 8.78 Å². The zero-order valence-corrected chi connectivity index (χ0v) is 9.51. The highest BCUT2D eigenvalue weighted by molar-refractivity contribution is 5.81. The van der Waals surface area contributed by atoms with Gasteiger partial charge in [0.2, 0.25) is 0 Å². The minimum absolute atomic E-state index is 0.0318. The number of hydrogen-bond donors (Lipinski definition) is 1. The second-order valence-corrected chi connectivity index (χ2v) is 4.41. The Bertz CT molecular complexity index is 416. The van der Waals surface area contributed by atoms with E-state index in [1.807, 2.05) is 0 Å². The molecule has 92 valence electrons. The monoisotopic (exact) mass is 239 g/mol. The van der Waals surface area contributed by atoms with Crippen LogP contribution in [0.15, 0.2) is 18.2 Å². The molecule has 0 heterocycles. The molecule has 1 saturated carbocycles. The van der Waals surface area contributed by atoms with Gasteiger partial charge in [0.25, 0.3) is 0 Å². The molecule has 0 spiro atoms. The van der Waals surface area contributed by atoms with E-state index in [1.54, 1.807) is 0 Å². The van der Waals surface area contributed by atoms with Gasteiger partial charge in [0.05, 0.1) is 0 Å². The van der Waals surface area contributed by atoms with Gasteiger partial charge in [-0.05, 0) is 24.5 Å². The Hall–Kier alpha value is -1.29. The molecule has 1 aliphatic rings.